The molecule has 0 aliphatic rings. The van der Waals surface area contributed by atoms with Crippen LogP contribution in [-0.2, 0) is 18.3 Å². The minimum absolute atomic E-state index is 0.164. The summed E-state index contributed by atoms with van der Waals surface area (Å²) in [6, 6.07) is 0. The maximum atomic E-state index is 11.6. The van der Waals surface area contributed by atoms with Crippen molar-refractivity contribution in [3.63, 3.8) is 0 Å². The number of aromatic amines is 1. The molecule has 0 saturated heterocycles. The number of H-pyrrole nitrogens is 1. The number of amides is 1. The average Bonchev–Trinajstić information content (AvgIpc) is 2.75. The molecule has 1 rings (SSSR count). The van der Waals surface area contributed by atoms with Crippen molar-refractivity contribution < 1.29 is 4.79 Å². The van der Waals surface area contributed by atoms with E-state index >= 15 is 0 Å². The molecule has 5 nitrogen and oxygen atoms in total. The van der Waals surface area contributed by atoms with Gasteiger partial charge in [0.05, 0.1) is 0 Å². The Kier molecular flexibility index (Phi) is 8.18. The number of hydrogen-bond donors (Lipinski definition) is 2. The zero-order valence-electron chi connectivity index (χ0n) is 12.6. The monoisotopic (exact) mass is 298 g/mol. The first-order chi connectivity index (χ1) is 9.65. The van der Waals surface area contributed by atoms with E-state index in [4.69, 9.17) is 12.2 Å². The summed E-state index contributed by atoms with van der Waals surface area (Å²) in [5, 5.41) is 9.86. The van der Waals surface area contributed by atoms with Crippen LogP contribution >= 0.6 is 12.2 Å². The van der Waals surface area contributed by atoms with Gasteiger partial charge in [-0.3, -0.25) is 9.89 Å². The number of hydrogen-bond acceptors (Lipinski definition) is 3. The standard InChI is InChI=1S/C14H26N4OS/c1-3-4-5-6-7-10-13(19)15-11-8-9-12-16-17-14(20)18(12)2/h3-11H2,1-2H3,(H,15,19)(H,17,20). The number of nitrogens with one attached hydrogen (secondary N) is 2. The minimum Gasteiger partial charge on any atom is -0.356 e. The molecule has 0 atom stereocenters. The molecule has 0 fully saturated rings. The van der Waals surface area contributed by atoms with Gasteiger partial charge in [0.2, 0.25) is 5.91 Å². The number of carbonyl (C=O) groups is 1. The molecule has 6 heteroatoms. The lowest BCUT2D eigenvalue weighted by atomic mass is 10.1. The van der Waals surface area contributed by atoms with E-state index in [0.717, 1.165) is 31.5 Å². The molecule has 114 valence electrons. The Morgan fingerprint density at radius 2 is 2.05 bits per heavy atom. The van der Waals surface area contributed by atoms with Crippen LogP contribution in [0.3, 0.4) is 0 Å². The lowest BCUT2D eigenvalue weighted by molar-refractivity contribution is -0.121. The first kappa shape index (κ1) is 16.9. The van der Waals surface area contributed by atoms with Gasteiger partial charge in [-0.1, -0.05) is 32.6 Å². The summed E-state index contributed by atoms with van der Waals surface area (Å²) in [7, 11) is 1.90. The van der Waals surface area contributed by atoms with E-state index in [2.05, 4.69) is 22.4 Å². The largest absolute Gasteiger partial charge is 0.356 e. The van der Waals surface area contributed by atoms with Gasteiger partial charge in [-0.2, -0.15) is 5.10 Å². The van der Waals surface area contributed by atoms with Crippen molar-refractivity contribution in [1.82, 2.24) is 20.1 Å². The second kappa shape index (κ2) is 9.69. The van der Waals surface area contributed by atoms with Crippen LogP contribution in [0.2, 0.25) is 0 Å². The molecule has 1 aromatic heterocycles. The lowest BCUT2D eigenvalue weighted by Crippen LogP contribution is -2.24. The minimum atomic E-state index is 0.164. The Bertz CT molecular complexity index is 452. The number of nitrogens with zero attached hydrogens (tertiary/aromatic N) is 2. The van der Waals surface area contributed by atoms with Crippen molar-refractivity contribution in [2.75, 3.05) is 6.54 Å². The summed E-state index contributed by atoms with van der Waals surface area (Å²) in [6.45, 7) is 2.90. The first-order valence-electron chi connectivity index (χ1n) is 7.52. The number of aromatic nitrogens is 3. The number of unbranched alkanes of at least 4 members (excludes halogenated alkanes) is 4. The van der Waals surface area contributed by atoms with E-state index in [-0.39, 0.29) is 5.91 Å². The maximum Gasteiger partial charge on any atom is 0.219 e. The summed E-state index contributed by atoms with van der Waals surface area (Å²) in [4.78, 5) is 11.6. The highest BCUT2D eigenvalue weighted by atomic mass is 32.1. The molecule has 1 amide bonds. The van der Waals surface area contributed by atoms with Crippen LogP contribution in [0.15, 0.2) is 0 Å². The fraction of sp³-hybridized carbons (Fsp3) is 0.786. The Balaban J connectivity index is 2.04. The lowest BCUT2D eigenvalue weighted by Gasteiger charge is -2.05. The molecule has 0 unspecified atom stereocenters. The van der Waals surface area contributed by atoms with Crippen LogP contribution < -0.4 is 5.32 Å². The fourth-order valence-corrected chi connectivity index (χ4v) is 2.21. The number of rotatable bonds is 10. The van der Waals surface area contributed by atoms with Crippen LogP contribution in [0.1, 0.15) is 57.7 Å². The Hall–Kier alpha value is -1.17. The van der Waals surface area contributed by atoms with Crippen LogP contribution in [0.4, 0.5) is 0 Å². The maximum absolute atomic E-state index is 11.6. The molecule has 0 aliphatic carbocycles. The highest BCUT2D eigenvalue weighted by Gasteiger charge is 2.03. The predicted octanol–water partition coefficient (Wildman–Crippen LogP) is 2.89. The first-order valence-corrected chi connectivity index (χ1v) is 7.93. The van der Waals surface area contributed by atoms with E-state index in [1.54, 1.807) is 0 Å². The van der Waals surface area contributed by atoms with Crippen LogP contribution in [0.5, 0.6) is 0 Å². The van der Waals surface area contributed by atoms with Gasteiger partial charge >= 0.3 is 0 Å². The van der Waals surface area contributed by atoms with Crippen molar-refractivity contribution in [2.24, 2.45) is 7.05 Å². The van der Waals surface area contributed by atoms with Gasteiger partial charge in [0.25, 0.3) is 0 Å². The predicted molar refractivity (Wildman–Crippen MR) is 83.1 cm³/mol. The zero-order valence-corrected chi connectivity index (χ0v) is 13.4. The van der Waals surface area contributed by atoms with Gasteiger partial charge < -0.3 is 9.88 Å². The van der Waals surface area contributed by atoms with Gasteiger partial charge in [0.15, 0.2) is 4.77 Å². The summed E-state index contributed by atoms with van der Waals surface area (Å²) >= 11 is 5.05. The van der Waals surface area contributed by atoms with Gasteiger partial charge in [0.1, 0.15) is 5.82 Å². The third-order valence-corrected chi connectivity index (χ3v) is 3.74. The van der Waals surface area contributed by atoms with Crippen molar-refractivity contribution in [1.29, 1.82) is 0 Å². The van der Waals surface area contributed by atoms with Gasteiger partial charge in [-0.25, -0.2) is 0 Å². The summed E-state index contributed by atoms with van der Waals surface area (Å²) in [5.74, 6) is 1.10. The van der Waals surface area contributed by atoms with E-state index in [9.17, 15) is 4.79 Å². The van der Waals surface area contributed by atoms with E-state index in [0.29, 0.717) is 17.7 Å². The molecule has 0 radical (unpaired) electrons. The van der Waals surface area contributed by atoms with Crippen molar-refractivity contribution >= 4 is 18.1 Å². The van der Waals surface area contributed by atoms with Crippen molar-refractivity contribution in [3.05, 3.63) is 10.6 Å². The highest BCUT2D eigenvalue weighted by molar-refractivity contribution is 7.71. The molecular weight excluding hydrogens is 272 g/mol. The molecular formula is C14H26N4OS. The van der Waals surface area contributed by atoms with Gasteiger partial charge in [0, 0.05) is 26.4 Å². The third-order valence-electron chi connectivity index (χ3n) is 3.38. The number of aryl methyl sites for hydroxylation is 1. The smallest absolute Gasteiger partial charge is 0.219 e. The third kappa shape index (κ3) is 6.32. The summed E-state index contributed by atoms with van der Waals surface area (Å²) in [6.07, 6.45) is 8.26. The second-order valence-electron chi connectivity index (χ2n) is 5.12. The Labute approximate surface area is 126 Å². The molecule has 1 heterocycles. The van der Waals surface area contributed by atoms with Gasteiger partial charge in [-0.15, -0.1) is 0 Å². The zero-order chi connectivity index (χ0) is 14.8. The molecule has 1 aromatic rings. The fourth-order valence-electron chi connectivity index (χ4n) is 2.05. The molecule has 0 aliphatic heterocycles. The summed E-state index contributed by atoms with van der Waals surface area (Å²) < 4.78 is 2.50. The van der Waals surface area contributed by atoms with Crippen molar-refractivity contribution in [3.8, 4) is 0 Å². The van der Waals surface area contributed by atoms with Gasteiger partial charge in [-0.05, 0) is 25.1 Å². The molecule has 2 N–H and O–H groups in total. The van der Waals surface area contributed by atoms with Crippen LogP contribution in [0.25, 0.3) is 0 Å². The van der Waals surface area contributed by atoms with Crippen LogP contribution in [0, 0.1) is 4.77 Å². The molecule has 0 saturated carbocycles. The Morgan fingerprint density at radius 3 is 2.70 bits per heavy atom. The van der Waals surface area contributed by atoms with Crippen molar-refractivity contribution in [2.45, 2.75) is 58.3 Å². The normalized spacial score (nSPS) is 10.7. The quantitative estimate of drug-likeness (QED) is 0.516. The Morgan fingerprint density at radius 1 is 1.30 bits per heavy atom. The topological polar surface area (TPSA) is 62.7 Å². The summed E-state index contributed by atoms with van der Waals surface area (Å²) in [5.41, 5.74) is 0. The van der Waals surface area contributed by atoms with Crippen LogP contribution in [-0.4, -0.2) is 27.2 Å². The molecule has 0 spiro atoms. The highest BCUT2D eigenvalue weighted by Crippen LogP contribution is 2.04. The van der Waals surface area contributed by atoms with E-state index < -0.39 is 0 Å². The molecule has 0 bridgehead atoms. The average molecular weight is 298 g/mol. The van der Waals surface area contributed by atoms with E-state index in [1.165, 1.54) is 19.3 Å². The SMILES string of the molecule is CCCCCCCC(=O)NCCCc1n[nH]c(=S)n1C. The second-order valence-corrected chi connectivity index (χ2v) is 5.51. The van der Waals surface area contributed by atoms with E-state index in [1.807, 2.05) is 11.6 Å². The molecule has 0 aromatic carbocycles. The number of carbonyl (C=O) groups excluding carboxylic acids is 1. The molecule has 20 heavy (non-hydrogen) atoms.